The minimum Gasteiger partial charge on any atom is -0.493 e. The maximum absolute atomic E-state index is 11.9. The van der Waals surface area contributed by atoms with Crippen LogP contribution in [0.1, 0.15) is 15.2 Å². The van der Waals surface area contributed by atoms with E-state index in [0.29, 0.717) is 16.4 Å². The molecule has 2 rings (SSSR count). The first-order valence-corrected chi connectivity index (χ1v) is 7.06. The van der Waals surface area contributed by atoms with Gasteiger partial charge in [-0.1, -0.05) is 18.2 Å². The molecule has 0 amide bonds. The molecule has 0 fully saturated rings. The van der Waals surface area contributed by atoms with E-state index in [4.69, 9.17) is 14.7 Å². The topological polar surface area (TPSA) is 59.3 Å². The number of nitriles is 1. The van der Waals surface area contributed by atoms with Crippen molar-refractivity contribution in [3.63, 3.8) is 0 Å². The van der Waals surface area contributed by atoms with Crippen LogP contribution in [0.4, 0.5) is 0 Å². The summed E-state index contributed by atoms with van der Waals surface area (Å²) in [5.74, 6) is 0.991. The smallest absolute Gasteiger partial charge is 0.195 e. The molecule has 5 heteroatoms. The molecule has 1 heterocycles. The van der Waals surface area contributed by atoms with Crippen molar-refractivity contribution in [2.75, 3.05) is 13.7 Å². The molecule has 0 bridgehead atoms. The number of thiophene rings is 1. The van der Waals surface area contributed by atoms with Gasteiger partial charge in [-0.2, -0.15) is 5.26 Å². The highest BCUT2D eigenvalue weighted by atomic mass is 32.1. The highest BCUT2D eigenvalue weighted by Gasteiger charge is 2.05. The van der Waals surface area contributed by atoms with Crippen LogP contribution in [0.25, 0.3) is 6.08 Å². The fourth-order valence-corrected chi connectivity index (χ4v) is 2.33. The van der Waals surface area contributed by atoms with E-state index in [-0.39, 0.29) is 12.4 Å². The lowest BCUT2D eigenvalue weighted by Gasteiger charge is -2.08. The van der Waals surface area contributed by atoms with Gasteiger partial charge in [0.25, 0.3) is 0 Å². The van der Waals surface area contributed by atoms with E-state index >= 15 is 0 Å². The number of benzene rings is 1. The van der Waals surface area contributed by atoms with E-state index in [1.54, 1.807) is 30.3 Å². The average molecular weight is 299 g/mol. The van der Waals surface area contributed by atoms with Gasteiger partial charge in [-0.25, -0.2) is 0 Å². The van der Waals surface area contributed by atoms with Crippen molar-refractivity contribution in [3.8, 4) is 17.6 Å². The third-order valence-corrected chi connectivity index (χ3v) is 3.56. The summed E-state index contributed by atoms with van der Waals surface area (Å²) in [6, 6.07) is 10.8. The van der Waals surface area contributed by atoms with Crippen molar-refractivity contribution in [1.29, 1.82) is 5.26 Å². The highest BCUT2D eigenvalue weighted by molar-refractivity contribution is 7.12. The second kappa shape index (κ2) is 7.27. The van der Waals surface area contributed by atoms with E-state index in [2.05, 4.69) is 0 Å². The quantitative estimate of drug-likeness (QED) is 0.604. The molecule has 4 nitrogen and oxygen atoms in total. The summed E-state index contributed by atoms with van der Waals surface area (Å²) in [5, 5.41) is 10.4. The Hall–Kier alpha value is -2.58. The van der Waals surface area contributed by atoms with Crippen LogP contribution in [-0.4, -0.2) is 19.5 Å². The summed E-state index contributed by atoms with van der Waals surface area (Å²) >= 11 is 1.41. The summed E-state index contributed by atoms with van der Waals surface area (Å²) in [5.41, 5.74) is 0.820. The van der Waals surface area contributed by atoms with E-state index in [1.807, 2.05) is 17.5 Å². The lowest BCUT2D eigenvalue weighted by atomic mass is 10.1. The van der Waals surface area contributed by atoms with E-state index in [0.717, 1.165) is 5.56 Å². The number of allylic oxidation sites excluding steroid dienone is 1. The zero-order valence-electron chi connectivity index (χ0n) is 11.4. The first-order valence-electron chi connectivity index (χ1n) is 6.18. The van der Waals surface area contributed by atoms with Crippen molar-refractivity contribution in [1.82, 2.24) is 0 Å². The Morgan fingerprint density at radius 2 is 2.24 bits per heavy atom. The Labute approximate surface area is 126 Å². The minimum atomic E-state index is -0.0393. The molecule has 0 unspecified atom stereocenters. The predicted molar refractivity (Wildman–Crippen MR) is 81.8 cm³/mol. The molecule has 0 saturated heterocycles. The van der Waals surface area contributed by atoms with Crippen LogP contribution in [0, 0.1) is 11.3 Å². The third kappa shape index (κ3) is 3.94. The van der Waals surface area contributed by atoms with Gasteiger partial charge in [0.2, 0.25) is 0 Å². The Morgan fingerprint density at radius 1 is 1.38 bits per heavy atom. The molecule has 0 aliphatic rings. The fourth-order valence-electron chi connectivity index (χ4n) is 1.69. The van der Waals surface area contributed by atoms with Gasteiger partial charge in [-0.3, -0.25) is 4.79 Å². The largest absolute Gasteiger partial charge is 0.493 e. The lowest BCUT2D eigenvalue weighted by Crippen LogP contribution is -1.96. The van der Waals surface area contributed by atoms with Gasteiger partial charge in [0, 0.05) is 0 Å². The molecule has 0 aliphatic carbocycles. The van der Waals surface area contributed by atoms with Crippen molar-refractivity contribution in [3.05, 3.63) is 52.2 Å². The molecule has 0 spiro atoms. The number of ketones is 1. The SMILES string of the molecule is COc1cc(/C=C/C(=O)c2cccs2)ccc1OCC#N. The molecule has 0 atom stereocenters. The van der Waals surface area contributed by atoms with E-state index in [1.165, 1.54) is 24.5 Å². The maximum Gasteiger partial charge on any atom is 0.195 e. The number of rotatable bonds is 6. The molecule has 2 aromatic rings. The summed E-state index contributed by atoms with van der Waals surface area (Å²) in [6.45, 7) is -0.0393. The lowest BCUT2D eigenvalue weighted by molar-refractivity contribution is 0.105. The average Bonchev–Trinajstić information content (AvgIpc) is 3.05. The maximum atomic E-state index is 11.9. The van der Waals surface area contributed by atoms with Crippen molar-refractivity contribution >= 4 is 23.2 Å². The van der Waals surface area contributed by atoms with Crippen molar-refractivity contribution in [2.45, 2.75) is 0 Å². The first-order chi connectivity index (χ1) is 10.2. The van der Waals surface area contributed by atoms with Crippen LogP contribution < -0.4 is 9.47 Å². The highest BCUT2D eigenvalue weighted by Crippen LogP contribution is 2.28. The summed E-state index contributed by atoms with van der Waals surface area (Å²) in [7, 11) is 1.53. The van der Waals surface area contributed by atoms with Crippen LogP contribution >= 0.6 is 11.3 Å². The molecular weight excluding hydrogens is 286 g/mol. The summed E-state index contributed by atoms with van der Waals surface area (Å²) in [6.07, 6.45) is 3.25. The van der Waals surface area contributed by atoms with E-state index < -0.39 is 0 Å². The second-order valence-electron chi connectivity index (χ2n) is 4.03. The normalized spacial score (nSPS) is 10.3. The molecule has 0 radical (unpaired) electrons. The number of nitrogens with zero attached hydrogens (tertiary/aromatic N) is 1. The number of carbonyl (C=O) groups excluding carboxylic acids is 1. The standard InChI is InChI=1S/C16H13NO3S/c1-19-15-11-12(5-7-14(15)20-9-8-17)4-6-13(18)16-3-2-10-21-16/h2-7,10-11H,9H2,1H3/b6-4+. The molecule has 1 aromatic heterocycles. The van der Waals surface area contributed by atoms with Crippen LogP contribution in [0.2, 0.25) is 0 Å². The Bertz CT molecular complexity index is 684. The molecule has 0 saturated carbocycles. The Kier molecular flexibility index (Phi) is 5.13. The molecule has 106 valence electrons. The summed E-state index contributed by atoms with van der Waals surface area (Å²) in [4.78, 5) is 12.6. The van der Waals surface area contributed by atoms with Gasteiger partial charge in [-0.05, 0) is 35.2 Å². The molecule has 21 heavy (non-hydrogen) atoms. The molecule has 0 aliphatic heterocycles. The zero-order valence-corrected chi connectivity index (χ0v) is 12.2. The van der Waals surface area contributed by atoms with Gasteiger partial charge in [-0.15, -0.1) is 11.3 Å². The monoisotopic (exact) mass is 299 g/mol. The van der Waals surface area contributed by atoms with Gasteiger partial charge < -0.3 is 9.47 Å². The summed E-state index contributed by atoms with van der Waals surface area (Å²) < 4.78 is 10.5. The van der Waals surface area contributed by atoms with Gasteiger partial charge in [0.05, 0.1) is 12.0 Å². The molecule has 1 aromatic carbocycles. The van der Waals surface area contributed by atoms with Crippen molar-refractivity contribution < 1.29 is 14.3 Å². The number of hydrogen-bond donors (Lipinski definition) is 0. The van der Waals surface area contributed by atoms with Crippen LogP contribution in [0.15, 0.2) is 41.8 Å². The first kappa shape index (κ1) is 14.8. The number of methoxy groups -OCH3 is 1. The van der Waals surface area contributed by atoms with Gasteiger partial charge in [0.15, 0.2) is 23.9 Å². The van der Waals surface area contributed by atoms with Gasteiger partial charge in [0.1, 0.15) is 6.07 Å². The van der Waals surface area contributed by atoms with E-state index in [9.17, 15) is 4.79 Å². The van der Waals surface area contributed by atoms with Gasteiger partial charge >= 0.3 is 0 Å². The van der Waals surface area contributed by atoms with Crippen LogP contribution in [0.3, 0.4) is 0 Å². The Balaban J connectivity index is 2.14. The second-order valence-corrected chi connectivity index (χ2v) is 4.98. The number of ether oxygens (including phenoxy) is 2. The predicted octanol–water partition coefficient (Wildman–Crippen LogP) is 3.56. The number of hydrogen-bond acceptors (Lipinski definition) is 5. The molecular formula is C16H13NO3S. The Morgan fingerprint density at radius 3 is 2.90 bits per heavy atom. The molecule has 0 N–H and O–H groups in total. The van der Waals surface area contributed by atoms with Crippen LogP contribution in [0.5, 0.6) is 11.5 Å². The minimum absolute atomic E-state index is 0.0335. The zero-order chi connectivity index (χ0) is 15.1. The van der Waals surface area contributed by atoms with Crippen molar-refractivity contribution in [2.24, 2.45) is 0 Å². The van der Waals surface area contributed by atoms with Crippen LogP contribution in [-0.2, 0) is 0 Å². The fraction of sp³-hybridized carbons (Fsp3) is 0.125. The third-order valence-electron chi connectivity index (χ3n) is 2.67. The number of carbonyl (C=O) groups is 1.